The molecule has 1 saturated heterocycles. The molecule has 122 valence electrons. The number of amides is 1. The van der Waals surface area contributed by atoms with Crippen molar-refractivity contribution < 1.29 is 9.53 Å². The van der Waals surface area contributed by atoms with Crippen LogP contribution >= 0.6 is 0 Å². The van der Waals surface area contributed by atoms with E-state index in [1.165, 1.54) is 0 Å². The van der Waals surface area contributed by atoms with Crippen LogP contribution in [0.25, 0.3) is 0 Å². The molecule has 0 saturated carbocycles. The zero-order chi connectivity index (χ0) is 16.2. The molecule has 1 aliphatic heterocycles. The number of nitrogens with zero attached hydrogens (tertiary/aromatic N) is 1. The lowest BCUT2D eigenvalue weighted by Crippen LogP contribution is -2.61. The van der Waals surface area contributed by atoms with Gasteiger partial charge in [0.05, 0.1) is 0 Å². The molecular weight excluding hydrogens is 278 g/mol. The third kappa shape index (κ3) is 4.71. The van der Waals surface area contributed by atoms with Crippen LogP contribution in [0.4, 0.5) is 4.79 Å². The lowest BCUT2D eigenvalue weighted by atomic mass is 9.95. The molecule has 0 bridgehead atoms. The van der Waals surface area contributed by atoms with Crippen molar-refractivity contribution in [2.24, 2.45) is 5.73 Å². The summed E-state index contributed by atoms with van der Waals surface area (Å²) < 4.78 is 5.25. The molecule has 2 rings (SSSR count). The maximum Gasteiger partial charge on any atom is 0.407 e. The summed E-state index contributed by atoms with van der Waals surface area (Å²) in [7, 11) is 0. The maximum absolute atomic E-state index is 11.9. The Kier molecular flexibility index (Phi) is 5.42. The summed E-state index contributed by atoms with van der Waals surface area (Å²) in [6.07, 6.45) is 0.451. The molecule has 1 aromatic carbocycles. The molecule has 22 heavy (non-hydrogen) atoms. The molecule has 0 unspecified atom stereocenters. The summed E-state index contributed by atoms with van der Waals surface area (Å²) in [6.45, 7) is 8.54. The zero-order valence-corrected chi connectivity index (χ0v) is 13.7. The van der Waals surface area contributed by atoms with Gasteiger partial charge in [0, 0.05) is 30.7 Å². The van der Waals surface area contributed by atoms with E-state index in [4.69, 9.17) is 10.5 Å². The predicted molar refractivity (Wildman–Crippen MR) is 87.5 cm³/mol. The largest absolute Gasteiger partial charge is 0.445 e. The van der Waals surface area contributed by atoms with Gasteiger partial charge in [0.1, 0.15) is 6.61 Å². The minimum Gasteiger partial charge on any atom is -0.445 e. The molecule has 1 heterocycles. The zero-order valence-electron chi connectivity index (χ0n) is 13.7. The van der Waals surface area contributed by atoms with Crippen LogP contribution in [-0.4, -0.2) is 41.7 Å². The number of nitrogens with two attached hydrogens (primary N) is 1. The highest BCUT2D eigenvalue weighted by molar-refractivity contribution is 5.67. The first-order valence-electron chi connectivity index (χ1n) is 7.84. The summed E-state index contributed by atoms with van der Waals surface area (Å²) in [5.41, 5.74) is 7.29. The van der Waals surface area contributed by atoms with Gasteiger partial charge in [0.25, 0.3) is 0 Å². The molecule has 0 aliphatic carbocycles. The van der Waals surface area contributed by atoms with E-state index in [1.54, 1.807) is 0 Å². The summed E-state index contributed by atoms with van der Waals surface area (Å²) in [4.78, 5) is 14.3. The van der Waals surface area contributed by atoms with E-state index in [0.29, 0.717) is 0 Å². The number of hydrogen-bond acceptors (Lipinski definition) is 4. The van der Waals surface area contributed by atoms with Crippen LogP contribution in [-0.2, 0) is 11.3 Å². The number of rotatable bonds is 3. The summed E-state index contributed by atoms with van der Waals surface area (Å²) in [5, 5.41) is 2.90. The second-order valence-electron chi connectivity index (χ2n) is 6.88. The van der Waals surface area contributed by atoms with Crippen molar-refractivity contribution in [3.8, 4) is 0 Å². The molecule has 2 atom stereocenters. The van der Waals surface area contributed by atoms with Crippen molar-refractivity contribution >= 4 is 6.09 Å². The minimum absolute atomic E-state index is 0.0260. The Labute approximate surface area is 132 Å². The summed E-state index contributed by atoms with van der Waals surface area (Å²) >= 11 is 0. The molecule has 1 aliphatic rings. The van der Waals surface area contributed by atoms with Gasteiger partial charge in [-0.05, 0) is 32.8 Å². The highest BCUT2D eigenvalue weighted by Crippen LogP contribution is 2.19. The Hall–Kier alpha value is -1.59. The Morgan fingerprint density at radius 2 is 2.05 bits per heavy atom. The lowest BCUT2D eigenvalue weighted by Gasteiger charge is -2.43. The molecule has 0 spiro atoms. The minimum atomic E-state index is -0.395. The first kappa shape index (κ1) is 16.8. The Bertz CT molecular complexity index is 484. The van der Waals surface area contributed by atoms with Crippen molar-refractivity contribution in [1.82, 2.24) is 10.2 Å². The second kappa shape index (κ2) is 7.11. The van der Waals surface area contributed by atoms with Gasteiger partial charge >= 0.3 is 6.09 Å². The Morgan fingerprint density at radius 1 is 1.36 bits per heavy atom. The van der Waals surface area contributed by atoms with Crippen LogP contribution < -0.4 is 11.1 Å². The summed E-state index contributed by atoms with van der Waals surface area (Å²) in [6, 6.07) is 9.55. The van der Waals surface area contributed by atoms with Gasteiger partial charge in [0.2, 0.25) is 0 Å². The molecular formula is C17H27N3O2. The van der Waals surface area contributed by atoms with Crippen LogP contribution in [0.1, 0.15) is 32.8 Å². The van der Waals surface area contributed by atoms with E-state index < -0.39 is 6.09 Å². The second-order valence-corrected chi connectivity index (χ2v) is 6.88. The first-order valence-corrected chi connectivity index (χ1v) is 7.84. The van der Waals surface area contributed by atoms with Crippen molar-refractivity contribution in [2.45, 2.75) is 51.4 Å². The van der Waals surface area contributed by atoms with Gasteiger partial charge in [-0.3, -0.25) is 4.90 Å². The quantitative estimate of drug-likeness (QED) is 0.897. The van der Waals surface area contributed by atoms with Gasteiger partial charge in [-0.1, -0.05) is 30.3 Å². The van der Waals surface area contributed by atoms with Crippen LogP contribution in [0.2, 0.25) is 0 Å². The van der Waals surface area contributed by atoms with Gasteiger partial charge in [-0.25, -0.2) is 4.79 Å². The van der Waals surface area contributed by atoms with E-state index in [9.17, 15) is 4.79 Å². The molecule has 5 nitrogen and oxygen atoms in total. The molecule has 0 aromatic heterocycles. The predicted octanol–water partition coefficient (Wildman–Crippen LogP) is 2.11. The number of nitrogens with one attached hydrogen (secondary N) is 1. The molecule has 3 N–H and O–H groups in total. The maximum atomic E-state index is 11.9. The van der Waals surface area contributed by atoms with E-state index in [-0.39, 0.29) is 24.2 Å². The average molecular weight is 305 g/mol. The van der Waals surface area contributed by atoms with E-state index in [1.807, 2.05) is 30.3 Å². The van der Waals surface area contributed by atoms with Crippen molar-refractivity contribution in [2.75, 3.05) is 13.1 Å². The van der Waals surface area contributed by atoms with E-state index >= 15 is 0 Å². The number of benzene rings is 1. The van der Waals surface area contributed by atoms with Gasteiger partial charge in [-0.15, -0.1) is 0 Å². The number of likely N-dealkylation sites (tertiary alicyclic amines) is 1. The topological polar surface area (TPSA) is 67.6 Å². The molecule has 0 radical (unpaired) electrons. The number of ether oxygens (including phenoxy) is 1. The SMILES string of the molecule is CC(C)(C)N1CC[C@@H](NC(=O)OCc2ccccc2)[C@@H](N)C1. The fourth-order valence-corrected chi connectivity index (χ4v) is 2.69. The van der Waals surface area contributed by atoms with Crippen LogP contribution in [0.3, 0.4) is 0 Å². The number of carbonyl (C=O) groups is 1. The van der Waals surface area contributed by atoms with E-state index in [0.717, 1.165) is 25.1 Å². The molecule has 1 fully saturated rings. The fraction of sp³-hybridized carbons (Fsp3) is 0.588. The summed E-state index contributed by atoms with van der Waals surface area (Å²) in [5.74, 6) is 0. The molecule has 5 heteroatoms. The third-order valence-corrected chi connectivity index (χ3v) is 4.12. The van der Waals surface area contributed by atoms with E-state index in [2.05, 4.69) is 31.0 Å². The van der Waals surface area contributed by atoms with Crippen LogP contribution in [0.15, 0.2) is 30.3 Å². The van der Waals surface area contributed by atoms with Gasteiger partial charge in [0.15, 0.2) is 0 Å². The fourth-order valence-electron chi connectivity index (χ4n) is 2.69. The standard InChI is InChI=1S/C17H27N3O2/c1-17(2,3)20-10-9-15(14(18)11-20)19-16(21)22-12-13-7-5-4-6-8-13/h4-8,14-15H,9-12,18H2,1-3H3,(H,19,21)/t14-,15+/m0/s1. The highest BCUT2D eigenvalue weighted by atomic mass is 16.5. The molecule has 1 aromatic rings. The van der Waals surface area contributed by atoms with Crippen LogP contribution in [0.5, 0.6) is 0 Å². The number of carbonyl (C=O) groups excluding carboxylic acids is 1. The third-order valence-electron chi connectivity index (χ3n) is 4.12. The van der Waals surface area contributed by atoms with Gasteiger partial charge < -0.3 is 15.8 Å². The number of alkyl carbamates (subject to hydrolysis) is 1. The van der Waals surface area contributed by atoms with Crippen LogP contribution in [0, 0.1) is 0 Å². The number of piperidine rings is 1. The Balaban J connectivity index is 1.78. The van der Waals surface area contributed by atoms with Crippen molar-refractivity contribution in [1.29, 1.82) is 0 Å². The highest BCUT2D eigenvalue weighted by Gasteiger charge is 2.32. The van der Waals surface area contributed by atoms with Crippen molar-refractivity contribution in [3.05, 3.63) is 35.9 Å². The number of hydrogen-bond donors (Lipinski definition) is 2. The molecule has 1 amide bonds. The lowest BCUT2D eigenvalue weighted by molar-refractivity contribution is 0.0780. The Morgan fingerprint density at radius 3 is 2.64 bits per heavy atom. The normalized spacial score (nSPS) is 23.1. The monoisotopic (exact) mass is 305 g/mol. The van der Waals surface area contributed by atoms with Gasteiger partial charge in [-0.2, -0.15) is 0 Å². The smallest absolute Gasteiger partial charge is 0.407 e. The first-order chi connectivity index (χ1) is 10.4. The average Bonchev–Trinajstić information content (AvgIpc) is 2.47. The van der Waals surface area contributed by atoms with Crippen molar-refractivity contribution in [3.63, 3.8) is 0 Å².